The Kier molecular flexibility index (Phi) is 8.24. The Morgan fingerprint density at radius 1 is 0.625 bits per heavy atom. The standard InChI is InChI=1S/C18H15P.C4H11N/c1-4-10-16(11-5-1)19(17-12-6-2-7-13-17)18-14-8-3-9-15-18;1-2-3-4-5/h1-15H;2-5H2,1H3. The zero-order chi connectivity index (χ0) is 17.0. The average Bonchev–Trinajstić information content (AvgIpc) is 2.66. The second-order valence-corrected chi connectivity index (χ2v) is 7.70. The summed E-state index contributed by atoms with van der Waals surface area (Å²) in [6.07, 6.45) is 2.39. The number of hydrogen-bond acceptors (Lipinski definition) is 1. The van der Waals surface area contributed by atoms with E-state index in [2.05, 4.69) is 97.9 Å². The Morgan fingerprint density at radius 2 is 0.958 bits per heavy atom. The van der Waals surface area contributed by atoms with E-state index in [0.29, 0.717) is 0 Å². The fraction of sp³-hybridized carbons (Fsp3) is 0.182. The maximum atomic E-state index is 5.14. The van der Waals surface area contributed by atoms with Gasteiger partial charge < -0.3 is 5.73 Å². The summed E-state index contributed by atoms with van der Waals surface area (Å²) < 4.78 is 0. The van der Waals surface area contributed by atoms with Crippen LogP contribution in [0, 0.1) is 0 Å². The molecule has 2 N–H and O–H groups in total. The molecular formula is C22H26NP. The second-order valence-electron chi connectivity index (χ2n) is 5.48. The largest absolute Gasteiger partial charge is 0.330 e. The van der Waals surface area contributed by atoms with Gasteiger partial charge in [-0.3, -0.25) is 0 Å². The van der Waals surface area contributed by atoms with Crippen LogP contribution in [0.3, 0.4) is 0 Å². The monoisotopic (exact) mass is 335 g/mol. The molecular weight excluding hydrogens is 309 g/mol. The highest BCUT2D eigenvalue weighted by Crippen LogP contribution is 2.32. The van der Waals surface area contributed by atoms with Crippen LogP contribution in [0.25, 0.3) is 0 Å². The van der Waals surface area contributed by atoms with Crippen molar-refractivity contribution in [3.05, 3.63) is 91.0 Å². The van der Waals surface area contributed by atoms with Crippen molar-refractivity contribution in [1.82, 2.24) is 0 Å². The highest BCUT2D eigenvalue weighted by atomic mass is 31.1. The third-order valence-corrected chi connectivity index (χ3v) is 6.04. The molecule has 0 spiro atoms. The minimum atomic E-state index is -0.446. The van der Waals surface area contributed by atoms with Crippen molar-refractivity contribution >= 4 is 23.8 Å². The van der Waals surface area contributed by atoms with Gasteiger partial charge in [0.15, 0.2) is 0 Å². The number of unbranched alkanes of at least 4 members (excludes halogenated alkanes) is 1. The van der Waals surface area contributed by atoms with Gasteiger partial charge in [0.2, 0.25) is 0 Å². The van der Waals surface area contributed by atoms with Gasteiger partial charge in [0.1, 0.15) is 0 Å². The van der Waals surface area contributed by atoms with E-state index in [1.165, 1.54) is 28.8 Å². The van der Waals surface area contributed by atoms with E-state index in [1.807, 2.05) is 0 Å². The molecule has 0 saturated heterocycles. The number of benzene rings is 3. The molecule has 0 aliphatic carbocycles. The molecule has 124 valence electrons. The van der Waals surface area contributed by atoms with Crippen LogP contribution in [-0.2, 0) is 0 Å². The molecule has 2 heteroatoms. The minimum absolute atomic E-state index is 0.446. The van der Waals surface area contributed by atoms with Gasteiger partial charge in [0.25, 0.3) is 0 Å². The number of hydrogen-bond donors (Lipinski definition) is 1. The lowest BCUT2D eigenvalue weighted by molar-refractivity contribution is 0.807. The van der Waals surface area contributed by atoms with Gasteiger partial charge in [0.05, 0.1) is 0 Å². The Hall–Kier alpha value is -1.95. The Balaban J connectivity index is 0.000000368. The fourth-order valence-electron chi connectivity index (χ4n) is 2.38. The van der Waals surface area contributed by atoms with Crippen LogP contribution in [0.2, 0.25) is 0 Å². The lowest BCUT2D eigenvalue weighted by Crippen LogP contribution is -2.20. The van der Waals surface area contributed by atoms with E-state index in [1.54, 1.807) is 0 Å². The highest BCUT2D eigenvalue weighted by Gasteiger charge is 2.14. The van der Waals surface area contributed by atoms with E-state index in [0.717, 1.165) is 6.54 Å². The van der Waals surface area contributed by atoms with Gasteiger partial charge in [-0.1, -0.05) is 104 Å². The molecule has 0 heterocycles. The Bertz CT molecular complexity index is 572. The van der Waals surface area contributed by atoms with Crippen LogP contribution < -0.4 is 21.6 Å². The van der Waals surface area contributed by atoms with E-state index in [9.17, 15) is 0 Å². The van der Waals surface area contributed by atoms with Crippen molar-refractivity contribution < 1.29 is 0 Å². The normalized spacial score (nSPS) is 10.1. The van der Waals surface area contributed by atoms with Crippen molar-refractivity contribution in [3.63, 3.8) is 0 Å². The zero-order valence-electron chi connectivity index (χ0n) is 14.3. The lowest BCUT2D eigenvalue weighted by Gasteiger charge is -2.18. The first-order valence-corrected chi connectivity index (χ1v) is 9.86. The van der Waals surface area contributed by atoms with E-state index >= 15 is 0 Å². The number of nitrogens with two attached hydrogens (primary N) is 1. The van der Waals surface area contributed by atoms with Crippen LogP contribution in [-0.4, -0.2) is 6.54 Å². The summed E-state index contributed by atoms with van der Waals surface area (Å²) in [5.74, 6) is 0. The van der Waals surface area contributed by atoms with Crippen LogP contribution in [0.4, 0.5) is 0 Å². The Labute approximate surface area is 147 Å². The van der Waals surface area contributed by atoms with E-state index in [4.69, 9.17) is 5.73 Å². The molecule has 0 amide bonds. The van der Waals surface area contributed by atoms with E-state index in [-0.39, 0.29) is 0 Å². The van der Waals surface area contributed by atoms with Crippen molar-refractivity contribution in [2.45, 2.75) is 19.8 Å². The highest BCUT2D eigenvalue weighted by molar-refractivity contribution is 7.79. The van der Waals surface area contributed by atoms with Gasteiger partial charge in [-0.2, -0.15) is 0 Å². The first kappa shape index (κ1) is 18.4. The molecule has 0 bridgehead atoms. The molecule has 3 rings (SSSR count). The molecule has 3 aromatic rings. The quantitative estimate of drug-likeness (QED) is 0.695. The summed E-state index contributed by atoms with van der Waals surface area (Å²) in [5, 5.41) is 4.19. The lowest BCUT2D eigenvalue weighted by atomic mass is 10.3. The van der Waals surface area contributed by atoms with Crippen molar-refractivity contribution in [2.75, 3.05) is 6.54 Å². The fourth-order valence-corrected chi connectivity index (χ4v) is 4.69. The summed E-state index contributed by atoms with van der Waals surface area (Å²) in [4.78, 5) is 0. The average molecular weight is 335 g/mol. The van der Waals surface area contributed by atoms with Crippen molar-refractivity contribution in [2.24, 2.45) is 5.73 Å². The molecule has 0 aromatic heterocycles. The first-order valence-electron chi connectivity index (χ1n) is 8.52. The third-order valence-electron chi connectivity index (χ3n) is 3.60. The Morgan fingerprint density at radius 3 is 1.17 bits per heavy atom. The smallest absolute Gasteiger partial charge is 0.00774 e. The second kappa shape index (κ2) is 10.8. The zero-order valence-corrected chi connectivity index (χ0v) is 15.2. The van der Waals surface area contributed by atoms with Crippen molar-refractivity contribution in [3.8, 4) is 0 Å². The summed E-state index contributed by atoms with van der Waals surface area (Å²) in [6, 6.07) is 32.3. The molecule has 0 radical (unpaired) electrons. The SMILES string of the molecule is CCCCN.c1ccc(P(c2ccccc2)c2ccccc2)cc1. The van der Waals surface area contributed by atoms with Gasteiger partial charge in [-0.05, 0) is 36.8 Å². The molecule has 0 fully saturated rings. The number of rotatable bonds is 5. The van der Waals surface area contributed by atoms with Gasteiger partial charge >= 0.3 is 0 Å². The molecule has 0 saturated carbocycles. The molecule has 0 unspecified atom stereocenters. The topological polar surface area (TPSA) is 26.0 Å². The summed E-state index contributed by atoms with van der Waals surface area (Å²) >= 11 is 0. The maximum absolute atomic E-state index is 5.14. The predicted molar refractivity (Wildman–Crippen MR) is 109 cm³/mol. The van der Waals surface area contributed by atoms with Crippen LogP contribution in [0.1, 0.15) is 19.8 Å². The van der Waals surface area contributed by atoms with Crippen LogP contribution in [0.5, 0.6) is 0 Å². The first-order chi connectivity index (χ1) is 11.9. The van der Waals surface area contributed by atoms with Gasteiger partial charge in [-0.25, -0.2) is 0 Å². The minimum Gasteiger partial charge on any atom is -0.330 e. The molecule has 0 aliphatic heterocycles. The predicted octanol–water partition coefficient (Wildman–Crippen LogP) is 4.19. The summed E-state index contributed by atoms with van der Waals surface area (Å²) in [6.45, 7) is 2.98. The molecule has 1 nitrogen and oxygen atoms in total. The summed E-state index contributed by atoms with van der Waals surface area (Å²) in [5.41, 5.74) is 5.14. The maximum Gasteiger partial charge on any atom is -0.00774 e. The van der Waals surface area contributed by atoms with Gasteiger partial charge in [0, 0.05) is 0 Å². The van der Waals surface area contributed by atoms with E-state index < -0.39 is 7.92 Å². The molecule has 0 aliphatic rings. The van der Waals surface area contributed by atoms with Gasteiger partial charge in [-0.15, -0.1) is 0 Å². The molecule has 0 atom stereocenters. The molecule has 24 heavy (non-hydrogen) atoms. The summed E-state index contributed by atoms with van der Waals surface area (Å²) in [7, 11) is -0.446. The third kappa shape index (κ3) is 5.60. The van der Waals surface area contributed by atoms with Crippen LogP contribution >= 0.6 is 7.92 Å². The van der Waals surface area contributed by atoms with Crippen LogP contribution in [0.15, 0.2) is 91.0 Å². The van der Waals surface area contributed by atoms with Crippen molar-refractivity contribution in [1.29, 1.82) is 0 Å². The molecule has 3 aromatic carbocycles.